The number of hydrogen-bond acceptors (Lipinski definition) is 3. The van der Waals surface area contributed by atoms with Crippen molar-refractivity contribution in [2.75, 3.05) is 0 Å². The van der Waals surface area contributed by atoms with Gasteiger partial charge in [0.25, 0.3) is 0 Å². The van der Waals surface area contributed by atoms with Crippen LogP contribution in [0.3, 0.4) is 0 Å². The topological polar surface area (TPSA) is 52.5 Å². The molecule has 0 radical (unpaired) electrons. The van der Waals surface area contributed by atoms with Crippen LogP contribution in [-0.2, 0) is 0 Å². The van der Waals surface area contributed by atoms with Crippen LogP contribution in [0.2, 0.25) is 0 Å². The van der Waals surface area contributed by atoms with E-state index in [1.807, 2.05) is 0 Å². The first-order valence-corrected chi connectivity index (χ1v) is 5.01. The van der Waals surface area contributed by atoms with Crippen LogP contribution in [0.4, 0.5) is 0 Å². The lowest BCUT2D eigenvalue weighted by Gasteiger charge is -2.36. The number of aliphatic hydroxyl groups is 2. The van der Waals surface area contributed by atoms with Gasteiger partial charge in [-0.2, -0.15) is 0 Å². The van der Waals surface area contributed by atoms with Gasteiger partial charge in [0.1, 0.15) is 0 Å². The van der Waals surface area contributed by atoms with E-state index in [1.165, 1.54) is 0 Å². The van der Waals surface area contributed by atoms with Crippen LogP contribution in [0, 0.1) is 0 Å². The molecule has 1 rings (SSSR count). The van der Waals surface area contributed by atoms with Gasteiger partial charge in [-0.25, -0.2) is 0 Å². The zero-order valence-corrected chi connectivity index (χ0v) is 8.80. The van der Waals surface area contributed by atoms with Gasteiger partial charge in [0.15, 0.2) is 5.79 Å². The molecule has 0 spiro atoms. The van der Waals surface area contributed by atoms with E-state index in [2.05, 4.69) is 26.1 Å². The molecule has 1 aliphatic carbocycles. The monoisotopic (exact) mass is 187 g/mol. The van der Waals surface area contributed by atoms with Gasteiger partial charge in [-0.1, -0.05) is 0 Å². The molecule has 0 aliphatic heterocycles. The minimum atomic E-state index is -1.44. The van der Waals surface area contributed by atoms with Gasteiger partial charge in [0, 0.05) is 24.4 Å². The summed E-state index contributed by atoms with van der Waals surface area (Å²) in [7, 11) is 0. The number of nitrogens with one attached hydrogen (secondary N) is 1. The Balaban J connectivity index is 2.44. The molecule has 0 amide bonds. The summed E-state index contributed by atoms with van der Waals surface area (Å²) in [5, 5.41) is 22.3. The van der Waals surface area contributed by atoms with Gasteiger partial charge in [-0.05, 0) is 33.6 Å². The molecule has 1 saturated carbocycles. The maximum Gasteiger partial charge on any atom is 0.163 e. The van der Waals surface area contributed by atoms with Crippen LogP contribution >= 0.6 is 0 Å². The molecule has 3 N–H and O–H groups in total. The minimum absolute atomic E-state index is 0.0537. The van der Waals surface area contributed by atoms with Gasteiger partial charge in [-0.15, -0.1) is 0 Å². The van der Waals surface area contributed by atoms with Crippen molar-refractivity contribution < 1.29 is 10.2 Å². The largest absolute Gasteiger partial charge is 0.366 e. The molecule has 0 aromatic carbocycles. The van der Waals surface area contributed by atoms with Gasteiger partial charge in [0.05, 0.1) is 0 Å². The molecule has 0 aromatic rings. The molecule has 1 atom stereocenters. The number of rotatable bonds is 1. The molecule has 78 valence electrons. The SMILES string of the molecule is CC(C)(C)N[C@H]1CCCC(O)(O)C1. The molecule has 0 heterocycles. The predicted molar refractivity (Wildman–Crippen MR) is 52.3 cm³/mol. The van der Waals surface area contributed by atoms with Crippen molar-refractivity contribution in [3.8, 4) is 0 Å². The van der Waals surface area contributed by atoms with E-state index in [1.54, 1.807) is 0 Å². The molecule has 1 fully saturated rings. The Morgan fingerprint density at radius 3 is 2.38 bits per heavy atom. The average molecular weight is 187 g/mol. The number of hydrogen-bond donors (Lipinski definition) is 3. The Labute approximate surface area is 80.2 Å². The Hall–Kier alpha value is -0.120. The average Bonchev–Trinajstić information content (AvgIpc) is 1.79. The summed E-state index contributed by atoms with van der Waals surface area (Å²) in [5.41, 5.74) is 0.0537. The fraction of sp³-hybridized carbons (Fsp3) is 1.00. The van der Waals surface area contributed by atoms with Gasteiger partial charge in [0.2, 0.25) is 0 Å². The Morgan fingerprint density at radius 2 is 1.92 bits per heavy atom. The van der Waals surface area contributed by atoms with Crippen LogP contribution in [0.1, 0.15) is 46.5 Å². The van der Waals surface area contributed by atoms with E-state index in [0.717, 1.165) is 12.8 Å². The third kappa shape index (κ3) is 4.07. The molecule has 0 aromatic heterocycles. The van der Waals surface area contributed by atoms with Gasteiger partial charge < -0.3 is 15.5 Å². The molecule has 0 unspecified atom stereocenters. The van der Waals surface area contributed by atoms with E-state index in [9.17, 15) is 10.2 Å². The second kappa shape index (κ2) is 3.56. The Kier molecular flexibility index (Phi) is 3.00. The second-order valence-electron chi connectivity index (χ2n) is 5.17. The zero-order chi connectivity index (χ0) is 10.1. The zero-order valence-electron chi connectivity index (χ0n) is 8.80. The first-order valence-electron chi connectivity index (χ1n) is 5.01. The molecular formula is C10H21NO2. The third-order valence-electron chi connectivity index (χ3n) is 2.34. The maximum atomic E-state index is 9.46. The van der Waals surface area contributed by atoms with Crippen molar-refractivity contribution in [1.29, 1.82) is 0 Å². The van der Waals surface area contributed by atoms with Crippen LogP contribution in [-0.4, -0.2) is 27.6 Å². The second-order valence-corrected chi connectivity index (χ2v) is 5.17. The standard InChI is InChI=1S/C10H21NO2/c1-9(2,3)11-8-5-4-6-10(12,13)7-8/h8,11-13H,4-7H2,1-3H3/t8-/m0/s1. The van der Waals surface area contributed by atoms with Crippen LogP contribution in [0.15, 0.2) is 0 Å². The summed E-state index contributed by atoms with van der Waals surface area (Å²) in [6.45, 7) is 6.29. The summed E-state index contributed by atoms with van der Waals surface area (Å²) in [4.78, 5) is 0. The van der Waals surface area contributed by atoms with Crippen molar-refractivity contribution in [1.82, 2.24) is 5.32 Å². The lowest BCUT2D eigenvalue weighted by Crippen LogP contribution is -2.50. The van der Waals surface area contributed by atoms with Gasteiger partial charge >= 0.3 is 0 Å². The van der Waals surface area contributed by atoms with Crippen molar-refractivity contribution in [2.45, 2.75) is 63.8 Å². The van der Waals surface area contributed by atoms with Crippen molar-refractivity contribution in [3.63, 3.8) is 0 Å². The highest BCUT2D eigenvalue weighted by Gasteiger charge is 2.33. The van der Waals surface area contributed by atoms with Crippen molar-refractivity contribution in [3.05, 3.63) is 0 Å². The highest BCUT2D eigenvalue weighted by molar-refractivity contribution is 4.86. The molecule has 0 bridgehead atoms. The lowest BCUT2D eigenvalue weighted by molar-refractivity contribution is -0.186. The molecule has 0 saturated heterocycles. The minimum Gasteiger partial charge on any atom is -0.366 e. The van der Waals surface area contributed by atoms with Crippen LogP contribution in [0.25, 0.3) is 0 Å². The summed E-state index contributed by atoms with van der Waals surface area (Å²) in [6, 6.07) is 0.240. The molecular weight excluding hydrogens is 166 g/mol. The summed E-state index contributed by atoms with van der Waals surface area (Å²) >= 11 is 0. The molecule has 3 heteroatoms. The first-order chi connectivity index (χ1) is 5.79. The quantitative estimate of drug-likeness (QED) is 0.537. The van der Waals surface area contributed by atoms with Crippen molar-refractivity contribution >= 4 is 0 Å². The predicted octanol–water partition coefficient (Wildman–Crippen LogP) is 0.998. The fourth-order valence-corrected chi connectivity index (χ4v) is 1.97. The smallest absolute Gasteiger partial charge is 0.163 e. The van der Waals surface area contributed by atoms with E-state index >= 15 is 0 Å². The summed E-state index contributed by atoms with van der Waals surface area (Å²) < 4.78 is 0. The Bertz CT molecular complexity index is 170. The lowest BCUT2D eigenvalue weighted by atomic mass is 9.88. The third-order valence-corrected chi connectivity index (χ3v) is 2.34. The van der Waals surface area contributed by atoms with E-state index < -0.39 is 5.79 Å². The highest BCUT2D eigenvalue weighted by Crippen LogP contribution is 2.26. The first kappa shape index (κ1) is 11.0. The van der Waals surface area contributed by atoms with Crippen LogP contribution < -0.4 is 5.32 Å². The normalized spacial score (nSPS) is 28.8. The van der Waals surface area contributed by atoms with E-state index in [0.29, 0.717) is 12.8 Å². The molecule has 1 aliphatic rings. The summed E-state index contributed by atoms with van der Waals surface area (Å²) in [6.07, 6.45) is 2.89. The molecule has 13 heavy (non-hydrogen) atoms. The Morgan fingerprint density at radius 1 is 1.31 bits per heavy atom. The van der Waals surface area contributed by atoms with Gasteiger partial charge in [-0.3, -0.25) is 0 Å². The fourth-order valence-electron chi connectivity index (χ4n) is 1.97. The van der Waals surface area contributed by atoms with E-state index in [4.69, 9.17) is 0 Å². The maximum absolute atomic E-state index is 9.46. The van der Waals surface area contributed by atoms with Crippen molar-refractivity contribution in [2.24, 2.45) is 0 Å². The summed E-state index contributed by atoms with van der Waals surface area (Å²) in [5.74, 6) is -1.44. The van der Waals surface area contributed by atoms with Crippen LogP contribution in [0.5, 0.6) is 0 Å². The van der Waals surface area contributed by atoms with E-state index in [-0.39, 0.29) is 11.6 Å². The molecule has 3 nitrogen and oxygen atoms in total. The highest BCUT2D eigenvalue weighted by atomic mass is 16.5.